The third-order valence-electron chi connectivity index (χ3n) is 3.72. The summed E-state index contributed by atoms with van der Waals surface area (Å²) in [5.74, 6) is 0.845. The monoisotopic (exact) mass is 287 g/mol. The van der Waals surface area contributed by atoms with Gasteiger partial charge in [-0.25, -0.2) is 0 Å². The van der Waals surface area contributed by atoms with E-state index < -0.39 is 0 Å². The van der Waals surface area contributed by atoms with Crippen molar-refractivity contribution < 1.29 is 4.74 Å². The van der Waals surface area contributed by atoms with E-state index in [0.717, 1.165) is 17.7 Å². The Bertz CT molecular complexity index is 633. The van der Waals surface area contributed by atoms with Gasteiger partial charge in [-0.05, 0) is 37.6 Å². The highest BCUT2D eigenvalue weighted by atomic mass is 35.5. The zero-order valence-corrected chi connectivity index (χ0v) is 12.4. The second kappa shape index (κ2) is 5.12. The minimum atomic E-state index is -0.0386. The molecule has 1 aliphatic heterocycles. The van der Waals surface area contributed by atoms with E-state index in [4.69, 9.17) is 22.1 Å². The molecular weight excluding hydrogens is 270 g/mol. The summed E-state index contributed by atoms with van der Waals surface area (Å²) in [6.45, 7) is 4.21. The van der Waals surface area contributed by atoms with E-state index in [0.29, 0.717) is 5.02 Å². The Morgan fingerprint density at radius 3 is 2.50 bits per heavy atom. The molecule has 0 fully saturated rings. The van der Waals surface area contributed by atoms with E-state index in [9.17, 15) is 0 Å². The number of fused-ring (bicyclic) bond motifs is 1. The molecule has 1 aliphatic rings. The third kappa shape index (κ3) is 2.54. The summed E-state index contributed by atoms with van der Waals surface area (Å²) < 4.78 is 6.11. The first-order valence-corrected chi connectivity index (χ1v) is 7.20. The summed E-state index contributed by atoms with van der Waals surface area (Å²) in [5.41, 5.74) is 11.0. The molecule has 0 bridgehead atoms. The molecule has 1 unspecified atom stereocenters. The second-order valence-corrected chi connectivity index (χ2v) is 5.99. The SMILES string of the molecule is Cc1cc(C)cc(C2C[C@H](N)c3cc(Cl)ccc3O2)c1. The lowest BCUT2D eigenvalue weighted by molar-refractivity contribution is 0.161. The summed E-state index contributed by atoms with van der Waals surface area (Å²) >= 11 is 6.03. The van der Waals surface area contributed by atoms with E-state index >= 15 is 0 Å². The number of nitrogens with two attached hydrogens (primary N) is 1. The lowest BCUT2D eigenvalue weighted by Gasteiger charge is -2.31. The van der Waals surface area contributed by atoms with Gasteiger partial charge in [-0.2, -0.15) is 0 Å². The largest absolute Gasteiger partial charge is 0.485 e. The van der Waals surface area contributed by atoms with Gasteiger partial charge in [0.1, 0.15) is 11.9 Å². The molecule has 2 aromatic carbocycles. The number of halogens is 1. The highest BCUT2D eigenvalue weighted by Gasteiger charge is 2.27. The lowest BCUT2D eigenvalue weighted by Crippen LogP contribution is -2.24. The van der Waals surface area contributed by atoms with Crippen molar-refractivity contribution in [2.75, 3.05) is 0 Å². The fourth-order valence-electron chi connectivity index (χ4n) is 2.88. The summed E-state index contributed by atoms with van der Waals surface area (Å²) in [6.07, 6.45) is 0.785. The van der Waals surface area contributed by atoms with E-state index in [1.807, 2.05) is 18.2 Å². The second-order valence-electron chi connectivity index (χ2n) is 5.55. The number of hydrogen-bond donors (Lipinski definition) is 1. The maximum atomic E-state index is 6.28. The van der Waals surface area contributed by atoms with Gasteiger partial charge in [0, 0.05) is 23.0 Å². The highest BCUT2D eigenvalue weighted by Crippen LogP contribution is 2.40. The molecule has 2 atom stereocenters. The number of hydrogen-bond acceptors (Lipinski definition) is 2. The summed E-state index contributed by atoms with van der Waals surface area (Å²) in [4.78, 5) is 0. The Balaban J connectivity index is 1.96. The average Bonchev–Trinajstić information content (AvgIpc) is 2.38. The Labute approximate surface area is 124 Å². The molecule has 3 heteroatoms. The van der Waals surface area contributed by atoms with E-state index in [1.54, 1.807) is 0 Å². The topological polar surface area (TPSA) is 35.2 Å². The molecule has 0 aliphatic carbocycles. The number of rotatable bonds is 1. The molecule has 0 aromatic heterocycles. The van der Waals surface area contributed by atoms with Crippen LogP contribution in [0.15, 0.2) is 36.4 Å². The van der Waals surface area contributed by atoms with Crippen molar-refractivity contribution in [2.45, 2.75) is 32.4 Å². The molecular formula is C17H18ClNO. The normalized spacial score (nSPS) is 21.2. The summed E-state index contributed by atoms with van der Waals surface area (Å²) in [5, 5.41) is 0.702. The maximum absolute atomic E-state index is 6.28. The van der Waals surface area contributed by atoms with Crippen molar-refractivity contribution in [2.24, 2.45) is 5.73 Å². The Kier molecular flexibility index (Phi) is 3.45. The predicted octanol–water partition coefficient (Wildman–Crippen LogP) is 4.48. The van der Waals surface area contributed by atoms with Crippen molar-refractivity contribution >= 4 is 11.6 Å². The van der Waals surface area contributed by atoms with Gasteiger partial charge in [0.15, 0.2) is 0 Å². The number of benzene rings is 2. The van der Waals surface area contributed by atoms with Gasteiger partial charge in [0.25, 0.3) is 0 Å². The quantitative estimate of drug-likeness (QED) is 0.839. The van der Waals surface area contributed by atoms with Gasteiger partial charge < -0.3 is 10.5 Å². The first-order chi connectivity index (χ1) is 9.52. The third-order valence-corrected chi connectivity index (χ3v) is 3.96. The predicted molar refractivity (Wildman–Crippen MR) is 82.3 cm³/mol. The van der Waals surface area contributed by atoms with E-state index in [1.165, 1.54) is 16.7 Å². The standard InChI is InChI=1S/C17H18ClNO/c1-10-5-11(2)7-12(6-10)17-9-15(19)14-8-13(18)3-4-16(14)20-17/h3-8,15,17H,9,19H2,1-2H3/t15-,17?/m0/s1. The van der Waals surface area contributed by atoms with Crippen LogP contribution in [0.5, 0.6) is 5.75 Å². The molecule has 104 valence electrons. The molecule has 0 spiro atoms. The minimum Gasteiger partial charge on any atom is -0.485 e. The first kappa shape index (κ1) is 13.5. The fourth-order valence-corrected chi connectivity index (χ4v) is 3.06. The van der Waals surface area contributed by atoms with Crippen LogP contribution in [-0.2, 0) is 0 Å². The van der Waals surface area contributed by atoms with Crippen LogP contribution in [0.2, 0.25) is 5.02 Å². The van der Waals surface area contributed by atoms with Crippen LogP contribution < -0.4 is 10.5 Å². The fraction of sp³-hybridized carbons (Fsp3) is 0.294. The molecule has 2 nitrogen and oxygen atoms in total. The van der Waals surface area contributed by atoms with E-state index in [2.05, 4.69) is 32.0 Å². The van der Waals surface area contributed by atoms with Crippen molar-refractivity contribution in [1.82, 2.24) is 0 Å². The Morgan fingerprint density at radius 2 is 1.80 bits per heavy atom. The lowest BCUT2D eigenvalue weighted by atomic mass is 9.92. The Morgan fingerprint density at radius 1 is 1.10 bits per heavy atom. The Hall–Kier alpha value is -1.51. The maximum Gasteiger partial charge on any atom is 0.126 e. The molecule has 0 radical (unpaired) electrons. The van der Waals surface area contributed by atoms with Gasteiger partial charge in [0.2, 0.25) is 0 Å². The van der Waals surface area contributed by atoms with Crippen LogP contribution in [0.4, 0.5) is 0 Å². The average molecular weight is 288 g/mol. The zero-order chi connectivity index (χ0) is 14.3. The van der Waals surface area contributed by atoms with Crippen LogP contribution in [0.3, 0.4) is 0 Å². The van der Waals surface area contributed by atoms with Gasteiger partial charge in [0.05, 0.1) is 0 Å². The molecule has 20 heavy (non-hydrogen) atoms. The number of ether oxygens (including phenoxy) is 1. The van der Waals surface area contributed by atoms with Crippen LogP contribution in [-0.4, -0.2) is 0 Å². The molecule has 0 saturated carbocycles. The molecule has 2 N–H and O–H groups in total. The van der Waals surface area contributed by atoms with Gasteiger partial charge >= 0.3 is 0 Å². The smallest absolute Gasteiger partial charge is 0.126 e. The van der Waals surface area contributed by atoms with Crippen molar-refractivity contribution in [3.8, 4) is 5.75 Å². The summed E-state index contributed by atoms with van der Waals surface area (Å²) in [6, 6.07) is 12.1. The van der Waals surface area contributed by atoms with Crippen molar-refractivity contribution in [3.63, 3.8) is 0 Å². The van der Waals surface area contributed by atoms with E-state index in [-0.39, 0.29) is 12.1 Å². The van der Waals surface area contributed by atoms with Crippen molar-refractivity contribution in [3.05, 3.63) is 63.7 Å². The zero-order valence-electron chi connectivity index (χ0n) is 11.7. The van der Waals surface area contributed by atoms with Gasteiger partial charge in [-0.3, -0.25) is 0 Å². The molecule has 2 aromatic rings. The van der Waals surface area contributed by atoms with Crippen LogP contribution in [0.25, 0.3) is 0 Å². The molecule has 1 heterocycles. The highest BCUT2D eigenvalue weighted by molar-refractivity contribution is 6.30. The van der Waals surface area contributed by atoms with Gasteiger partial charge in [-0.15, -0.1) is 0 Å². The molecule has 3 rings (SSSR count). The molecule has 0 saturated heterocycles. The van der Waals surface area contributed by atoms with Crippen LogP contribution in [0.1, 0.15) is 40.8 Å². The minimum absolute atomic E-state index is 0.0114. The first-order valence-electron chi connectivity index (χ1n) is 6.83. The van der Waals surface area contributed by atoms with Crippen LogP contribution in [0, 0.1) is 13.8 Å². The number of aryl methyl sites for hydroxylation is 2. The van der Waals surface area contributed by atoms with Gasteiger partial charge in [-0.1, -0.05) is 40.9 Å². The van der Waals surface area contributed by atoms with Crippen molar-refractivity contribution in [1.29, 1.82) is 0 Å². The molecule has 0 amide bonds. The van der Waals surface area contributed by atoms with Crippen LogP contribution >= 0.6 is 11.6 Å². The summed E-state index contributed by atoms with van der Waals surface area (Å²) in [7, 11) is 0.